The van der Waals surface area contributed by atoms with Gasteiger partial charge in [0.15, 0.2) is 0 Å². The van der Waals surface area contributed by atoms with Crippen LogP contribution in [0.1, 0.15) is 0 Å². The summed E-state index contributed by atoms with van der Waals surface area (Å²) in [6, 6.07) is 35.2. The highest BCUT2D eigenvalue weighted by atomic mass is 16.3. The molecule has 0 radical (unpaired) electrons. The van der Waals surface area contributed by atoms with Crippen molar-refractivity contribution in [1.29, 1.82) is 0 Å². The SMILES string of the molecule is Oc1ccc(-c2cccc3ccccc23)cc1-c1cccc2ccccc12. The van der Waals surface area contributed by atoms with E-state index in [9.17, 15) is 5.11 Å². The number of benzene rings is 5. The van der Waals surface area contributed by atoms with Crippen LogP contribution in [0.2, 0.25) is 0 Å². The molecule has 1 nitrogen and oxygen atoms in total. The van der Waals surface area contributed by atoms with Crippen molar-refractivity contribution in [3.05, 3.63) is 103 Å². The second-order valence-corrected chi connectivity index (χ2v) is 6.79. The minimum absolute atomic E-state index is 0.301. The van der Waals surface area contributed by atoms with Gasteiger partial charge in [-0.15, -0.1) is 0 Å². The van der Waals surface area contributed by atoms with Crippen molar-refractivity contribution in [2.75, 3.05) is 0 Å². The van der Waals surface area contributed by atoms with Gasteiger partial charge >= 0.3 is 0 Å². The summed E-state index contributed by atoms with van der Waals surface area (Å²) >= 11 is 0. The lowest BCUT2D eigenvalue weighted by molar-refractivity contribution is 0.477. The molecular weight excluding hydrogens is 328 g/mol. The smallest absolute Gasteiger partial charge is 0.123 e. The van der Waals surface area contributed by atoms with Gasteiger partial charge in [-0.2, -0.15) is 0 Å². The highest BCUT2D eigenvalue weighted by molar-refractivity contribution is 6.01. The van der Waals surface area contributed by atoms with Crippen LogP contribution in [0.15, 0.2) is 103 Å². The van der Waals surface area contributed by atoms with E-state index >= 15 is 0 Å². The zero-order chi connectivity index (χ0) is 18.2. The lowest BCUT2D eigenvalue weighted by Crippen LogP contribution is -1.86. The molecule has 0 saturated heterocycles. The number of rotatable bonds is 2. The van der Waals surface area contributed by atoms with E-state index in [2.05, 4.69) is 72.8 Å². The van der Waals surface area contributed by atoms with Crippen LogP contribution < -0.4 is 0 Å². The predicted octanol–water partition coefficient (Wildman–Crippen LogP) is 7.03. The fourth-order valence-electron chi connectivity index (χ4n) is 3.86. The summed E-state index contributed by atoms with van der Waals surface area (Å²) in [6.45, 7) is 0. The van der Waals surface area contributed by atoms with Gasteiger partial charge < -0.3 is 5.11 Å². The fraction of sp³-hybridized carbons (Fsp3) is 0. The van der Waals surface area contributed by atoms with Crippen LogP contribution in [0.25, 0.3) is 43.8 Å². The average Bonchev–Trinajstić information content (AvgIpc) is 2.73. The third kappa shape index (κ3) is 2.65. The van der Waals surface area contributed by atoms with Crippen LogP contribution in [-0.2, 0) is 0 Å². The van der Waals surface area contributed by atoms with E-state index in [-0.39, 0.29) is 0 Å². The van der Waals surface area contributed by atoms with Crippen LogP contribution in [0.3, 0.4) is 0 Å². The molecule has 0 aliphatic carbocycles. The van der Waals surface area contributed by atoms with Gasteiger partial charge in [0.05, 0.1) is 0 Å². The molecule has 1 N–H and O–H groups in total. The first-order chi connectivity index (χ1) is 13.3. The predicted molar refractivity (Wildman–Crippen MR) is 114 cm³/mol. The zero-order valence-electron chi connectivity index (χ0n) is 14.8. The molecule has 0 unspecified atom stereocenters. The Morgan fingerprint density at radius 3 is 1.70 bits per heavy atom. The summed E-state index contributed by atoms with van der Waals surface area (Å²) in [4.78, 5) is 0. The molecule has 0 aliphatic rings. The van der Waals surface area contributed by atoms with Gasteiger partial charge in [-0.25, -0.2) is 0 Å². The lowest BCUT2D eigenvalue weighted by Gasteiger charge is -2.12. The summed E-state index contributed by atoms with van der Waals surface area (Å²) in [7, 11) is 0. The summed E-state index contributed by atoms with van der Waals surface area (Å²) in [5, 5.41) is 15.4. The molecule has 0 saturated carbocycles. The van der Waals surface area contributed by atoms with Crippen molar-refractivity contribution in [2.45, 2.75) is 0 Å². The van der Waals surface area contributed by atoms with Gasteiger partial charge in [0, 0.05) is 5.56 Å². The molecule has 1 heteroatoms. The van der Waals surface area contributed by atoms with Crippen molar-refractivity contribution < 1.29 is 5.11 Å². The van der Waals surface area contributed by atoms with Crippen LogP contribution in [0.4, 0.5) is 0 Å². The van der Waals surface area contributed by atoms with Crippen LogP contribution in [0.5, 0.6) is 5.75 Å². The Bertz CT molecular complexity index is 1270. The number of phenols is 1. The summed E-state index contributed by atoms with van der Waals surface area (Å²) in [5.41, 5.74) is 4.19. The summed E-state index contributed by atoms with van der Waals surface area (Å²) < 4.78 is 0. The lowest BCUT2D eigenvalue weighted by atomic mass is 9.92. The van der Waals surface area contributed by atoms with Crippen LogP contribution in [0, 0.1) is 0 Å². The van der Waals surface area contributed by atoms with E-state index < -0.39 is 0 Å². The molecule has 0 spiro atoms. The Kier molecular flexibility index (Phi) is 3.65. The number of phenolic OH excluding ortho intramolecular Hbond substituents is 1. The largest absolute Gasteiger partial charge is 0.507 e. The first-order valence-electron chi connectivity index (χ1n) is 9.10. The highest BCUT2D eigenvalue weighted by Crippen LogP contribution is 2.38. The maximum absolute atomic E-state index is 10.6. The molecule has 0 heterocycles. The molecule has 27 heavy (non-hydrogen) atoms. The molecule has 128 valence electrons. The molecule has 5 aromatic rings. The Hall–Kier alpha value is -3.58. The molecule has 5 aromatic carbocycles. The minimum Gasteiger partial charge on any atom is -0.507 e. The van der Waals surface area contributed by atoms with Gasteiger partial charge in [-0.3, -0.25) is 0 Å². The zero-order valence-corrected chi connectivity index (χ0v) is 14.8. The van der Waals surface area contributed by atoms with Crippen molar-refractivity contribution in [2.24, 2.45) is 0 Å². The van der Waals surface area contributed by atoms with Crippen LogP contribution >= 0.6 is 0 Å². The maximum Gasteiger partial charge on any atom is 0.123 e. The topological polar surface area (TPSA) is 20.2 Å². The average molecular weight is 346 g/mol. The molecule has 0 atom stereocenters. The Morgan fingerprint density at radius 2 is 1.00 bits per heavy atom. The van der Waals surface area contributed by atoms with E-state index in [0.717, 1.165) is 22.1 Å². The maximum atomic E-state index is 10.6. The Labute approximate surface area is 158 Å². The summed E-state index contributed by atoms with van der Waals surface area (Å²) in [6.07, 6.45) is 0. The molecule has 5 rings (SSSR count). The fourth-order valence-corrected chi connectivity index (χ4v) is 3.86. The van der Waals surface area contributed by atoms with E-state index in [1.54, 1.807) is 6.07 Å². The second-order valence-electron chi connectivity index (χ2n) is 6.79. The minimum atomic E-state index is 0.301. The third-order valence-corrected chi connectivity index (χ3v) is 5.18. The van der Waals surface area contributed by atoms with E-state index in [1.807, 2.05) is 24.3 Å². The van der Waals surface area contributed by atoms with Gasteiger partial charge in [0.2, 0.25) is 0 Å². The van der Waals surface area contributed by atoms with E-state index in [0.29, 0.717) is 5.75 Å². The van der Waals surface area contributed by atoms with E-state index in [1.165, 1.54) is 21.7 Å². The molecule has 0 aliphatic heterocycles. The molecule has 0 aromatic heterocycles. The van der Waals surface area contributed by atoms with E-state index in [4.69, 9.17) is 0 Å². The second kappa shape index (κ2) is 6.30. The standard InChI is InChI=1S/C26H18O/c27-26-16-15-20(23-13-5-9-18-7-1-3-11-21(18)23)17-25(26)24-14-6-10-19-8-2-4-12-22(19)24/h1-17,27H. The first-order valence-corrected chi connectivity index (χ1v) is 9.10. The highest BCUT2D eigenvalue weighted by Gasteiger charge is 2.11. The third-order valence-electron chi connectivity index (χ3n) is 5.18. The van der Waals surface area contributed by atoms with Gasteiger partial charge in [-0.1, -0.05) is 91.0 Å². The van der Waals surface area contributed by atoms with Crippen molar-refractivity contribution in [1.82, 2.24) is 0 Å². The van der Waals surface area contributed by atoms with Crippen molar-refractivity contribution in [3.63, 3.8) is 0 Å². The quantitative estimate of drug-likeness (QED) is 0.364. The molecule has 0 fully saturated rings. The number of fused-ring (bicyclic) bond motifs is 2. The Morgan fingerprint density at radius 1 is 0.444 bits per heavy atom. The van der Waals surface area contributed by atoms with Gasteiger partial charge in [0.1, 0.15) is 5.75 Å². The molecule has 0 bridgehead atoms. The van der Waals surface area contributed by atoms with Crippen molar-refractivity contribution >= 4 is 21.5 Å². The first kappa shape index (κ1) is 15.7. The summed E-state index contributed by atoms with van der Waals surface area (Å²) in [5.74, 6) is 0.301. The van der Waals surface area contributed by atoms with Gasteiger partial charge in [-0.05, 0) is 50.4 Å². The number of hydrogen-bond acceptors (Lipinski definition) is 1. The normalized spacial score (nSPS) is 11.1. The number of aromatic hydroxyl groups is 1. The van der Waals surface area contributed by atoms with Crippen LogP contribution in [-0.4, -0.2) is 5.11 Å². The van der Waals surface area contributed by atoms with Gasteiger partial charge in [0.25, 0.3) is 0 Å². The number of hydrogen-bond donors (Lipinski definition) is 1. The van der Waals surface area contributed by atoms with Crippen molar-refractivity contribution in [3.8, 4) is 28.0 Å². The molecular formula is C26H18O. The monoisotopic (exact) mass is 346 g/mol. The Balaban J connectivity index is 1.76. The molecule has 0 amide bonds.